The van der Waals surface area contributed by atoms with Gasteiger partial charge in [0.2, 0.25) is 5.76 Å². The molecule has 0 radical (unpaired) electrons. The summed E-state index contributed by atoms with van der Waals surface area (Å²) in [5.41, 5.74) is 2.66. The molecule has 2 aromatic carbocycles. The van der Waals surface area contributed by atoms with Crippen LogP contribution in [-0.4, -0.2) is 37.0 Å². The van der Waals surface area contributed by atoms with Gasteiger partial charge in [-0.2, -0.15) is 0 Å². The maximum Gasteiger partial charge on any atom is 0.290 e. The van der Waals surface area contributed by atoms with Crippen molar-refractivity contribution in [2.45, 2.75) is 33.2 Å². The number of quaternary nitrogens is 1. The van der Waals surface area contributed by atoms with Crippen LogP contribution < -0.4 is 10.3 Å². The summed E-state index contributed by atoms with van der Waals surface area (Å²) in [4.78, 5) is 30.2. The first-order valence-corrected chi connectivity index (χ1v) is 11.3. The molecule has 1 aromatic heterocycles. The third kappa shape index (κ3) is 4.00. The topological polar surface area (TPSA) is 55.0 Å². The van der Waals surface area contributed by atoms with Crippen LogP contribution in [-0.2, 0) is 0 Å². The van der Waals surface area contributed by atoms with Crippen LogP contribution in [0, 0.1) is 6.92 Å². The SMILES string of the molecule is CC[NH+](CC)CCCN1C(=O)c2oc3ccc(Cl)cc3c(=O)c2[C@H]1c1ccc(C)cc1. The van der Waals surface area contributed by atoms with Crippen molar-refractivity contribution in [1.82, 2.24) is 4.90 Å². The van der Waals surface area contributed by atoms with Gasteiger partial charge in [0, 0.05) is 18.0 Å². The Balaban J connectivity index is 1.80. The summed E-state index contributed by atoms with van der Waals surface area (Å²) in [5, 5.41) is 0.876. The molecule has 0 saturated heterocycles. The molecule has 0 unspecified atom stereocenters. The van der Waals surface area contributed by atoms with E-state index in [2.05, 4.69) is 13.8 Å². The molecule has 1 amide bonds. The van der Waals surface area contributed by atoms with E-state index < -0.39 is 6.04 Å². The summed E-state index contributed by atoms with van der Waals surface area (Å²) in [6.07, 6.45) is 0.860. The lowest BCUT2D eigenvalue weighted by molar-refractivity contribution is -0.896. The van der Waals surface area contributed by atoms with E-state index in [0.29, 0.717) is 28.1 Å². The summed E-state index contributed by atoms with van der Waals surface area (Å²) in [7, 11) is 0. The molecular formula is C25H28ClN2O3+. The highest BCUT2D eigenvalue weighted by atomic mass is 35.5. The number of rotatable bonds is 7. The van der Waals surface area contributed by atoms with E-state index >= 15 is 0 Å². The number of hydrogen-bond donors (Lipinski definition) is 1. The normalized spacial score (nSPS) is 15.8. The van der Waals surface area contributed by atoms with Crippen molar-refractivity contribution >= 4 is 28.5 Å². The Bertz CT molecular complexity index is 1170. The molecule has 0 fully saturated rings. The molecule has 1 N–H and O–H groups in total. The van der Waals surface area contributed by atoms with Crippen molar-refractivity contribution < 1.29 is 14.1 Å². The summed E-state index contributed by atoms with van der Waals surface area (Å²) in [5.74, 6) is -0.0651. The van der Waals surface area contributed by atoms with Gasteiger partial charge >= 0.3 is 0 Å². The number of carbonyl (C=O) groups excluding carboxylic acids is 1. The Morgan fingerprint density at radius 2 is 1.77 bits per heavy atom. The fourth-order valence-electron chi connectivity index (χ4n) is 4.42. The zero-order valence-electron chi connectivity index (χ0n) is 18.2. The lowest BCUT2D eigenvalue weighted by atomic mass is 9.97. The van der Waals surface area contributed by atoms with Crippen LogP contribution in [0.2, 0.25) is 5.02 Å². The van der Waals surface area contributed by atoms with Gasteiger partial charge in [0.1, 0.15) is 5.58 Å². The van der Waals surface area contributed by atoms with Crippen LogP contribution in [0.5, 0.6) is 0 Å². The molecule has 1 atom stereocenters. The minimum atomic E-state index is -0.450. The quantitative estimate of drug-likeness (QED) is 0.611. The standard InChI is InChI=1S/C25H27ClN2O3/c1-4-27(5-2)13-6-14-28-22(17-9-7-16(3)8-10-17)21-23(29)19-15-18(26)11-12-20(19)31-24(21)25(28)30/h7-12,15,22H,4-6,13-14H2,1-3H3/p+1/t22-/m1/s1. The molecule has 1 aliphatic rings. The number of aryl methyl sites for hydroxylation is 1. The van der Waals surface area contributed by atoms with Crippen LogP contribution in [0.1, 0.15) is 53.6 Å². The van der Waals surface area contributed by atoms with E-state index in [1.165, 1.54) is 4.90 Å². The lowest BCUT2D eigenvalue weighted by Crippen LogP contribution is -3.11. The number of nitrogens with one attached hydrogen (secondary N) is 1. The van der Waals surface area contributed by atoms with E-state index in [1.54, 1.807) is 23.1 Å². The van der Waals surface area contributed by atoms with E-state index in [9.17, 15) is 9.59 Å². The zero-order chi connectivity index (χ0) is 22.1. The largest absolute Gasteiger partial charge is 0.450 e. The van der Waals surface area contributed by atoms with Gasteiger partial charge in [0.05, 0.1) is 36.6 Å². The van der Waals surface area contributed by atoms with E-state index in [4.69, 9.17) is 16.0 Å². The minimum Gasteiger partial charge on any atom is -0.450 e. The number of hydrogen-bond acceptors (Lipinski definition) is 3. The smallest absolute Gasteiger partial charge is 0.290 e. The van der Waals surface area contributed by atoms with Crippen molar-refractivity contribution in [1.29, 1.82) is 0 Å². The Hall–Kier alpha value is -2.63. The second-order valence-electron chi connectivity index (χ2n) is 8.19. The average Bonchev–Trinajstić information content (AvgIpc) is 3.04. The Morgan fingerprint density at radius 1 is 1.06 bits per heavy atom. The maximum absolute atomic E-state index is 13.5. The first-order chi connectivity index (χ1) is 14.9. The van der Waals surface area contributed by atoms with Gasteiger partial charge < -0.3 is 14.2 Å². The van der Waals surface area contributed by atoms with Gasteiger partial charge in [-0.1, -0.05) is 41.4 Å². The van der Waals surface area contributed by atoms with E-state index in [1.807, 2.05) is 31.2 Å². The molecule has 6 heteroatoms. The van der Waals surface area contributed by atoms with Crippen LogP contribution in [0.25, 0.3) is 11.0 Å². The average molecular weight is 440 g/mol. The molecule has 0 bridgehead atoms. The van der Waals surface area contributed by atoms with Crippen LogP contribution in [0.4, 0.5) is 0 Å². The molecule has 1 aliphatic heterocycles. The summed E-state index contributed by atoms with van der Waals surface area (Å²) in [6, 6.07) is 12.5. The molecule has 5 nitrogen and oxygen atoms in total. The molecule has 0 aliphatic carbocycles. The van der Waals surface area contributed by atoms with Gasteiger partial charge in [0.25, 0.3) is 5.91 Å². The van der Waals surface area contributed by atoms with E-state index in [-0.39, 0.29) is 17.1 Å². The predicted octanol–water partition coefficient (Wildman–Crippen LogP) is 3.61. The number of halogens is 1. The van der Waals surface area contributed by atoms with Gasteiger partial charge in [-0.3, -0.25) is 9.59 Å². The van der Waals surface area contributed by atoms with Crippen molar-refractivity contribution in [3.05, 3.63) is 80.2 Å². The van der Waals surface area contributed by atoms with Crippen molar-refractivity contribution in [2.75, 3.05) is 26.2 Å². The molecule has 3 aromatic rings. The number of fused-ring (bicyclic) bond motifs is 2. The first-order valence-electron chi connectivity index (χ1n) is 10.9. The second kappa shape index (κ2) is 8.85. The first kappa shape index (κ1) is 21.6. The molecule has 0 saturated carbocycles. The molecule has 162 valence electrons. The van der Waals surface area contributed by atoms with Gasteiger partial charge in [-0.25, -0.2) is 0 Å². The highest BCUT2D eigenvalue weighted by Crippen LogP contribution is 2.38. The second-order valence-corrected chi connectivity index (χ2v) is 8.62. The van der Waals surface area contributed by atoms with Gasteiger partial charge in [-0.05, 0) is 44.5 Å². The molecule has 2 heterocycles. The molecule has 0 spiro atoms. The predicted molar refractivity (Wildman–Crippen MR) is 123 cm³/mol. The third-order valence-corrected chi connectivity index (χ3v) is 6.49. The van der Waals surface area contributed by atoms with Crippen LogP contribution in [0.3, 0.4) is 0 Å². The molecular weight excluding hydrogens is 412 g/mol. The van der Waals surface area contributed by atoms with Gasteiger partial charge in [0.15, 0.2) is 5.43 Å². The molecule has 4 rings (SSSR count). The number of carbonyl (C=O) groups is 1. The minimum absolute atomic E-state index is 0.153. The lowest BCUT2D eigenvalue weighted by Gasteiger charge is -2.26. The van der Waals surface area contributed by atoms with Crippen LogP contribution in [0.15, 0.2) is 51.7 Å². The maximum atomic E-state index is 13.5. The highest BCUT2D eigenvalue weighted by molar-refractivity contribution is 6.31. The number of amides is 1. The monoisotopic (exact) mass is 439 g/mol. The van der Waals surface area contributed by atoms with Gasteiger partial charge in [-0.15, -0.1) is 0 Å². The van der Waals surface area contributed by atoms with Crippen molar-refractivity contribution in [3.8, 4) is 0 Å². The third-order valence-electron chi connectivity index (χ3n) is 6.25. The Kier molecular flexibility index (Phi) is 6.17. The van der Waals surface area contributed by atoms with Crippen LogP contribution >= 0.6 is 11.6 Å². The highest BCUT2D eigenvalue weighted by Gasteiger charge is 2.42. The zero-order valence-corrected chi connectivity index (χ0v) is 19.0. The fraction of sp³-hybridized carbons (Fsp3) is 0.360. The summed E-state index contributed by atoms with van der Waals surface area (Å²) in [6.45, 7) is 10.0. The van der Waals surface area contributed by atoms with Crippen molar-refractivity contribution in [3.63, 3.8) is 0 Å². The Labute approximate surface area is 187 Å². The Morgan fingerprint density at radius 3 is 2.45 bits per heavy atom. The van der Waals surface area contributed by atoms with Crippen molar-refractivity contribution in [2.24, 2.45) is 0 Å². The molecule has 31 heavy (non-hydrogen) atoms. The van der Waals surface area contributed by atoms with E-state index in [0.717, 1.165) is 37.2 Å². The number of benzene rings is 2. The fourth-order valence-corrected chi connectivity index (χ4v) is 4.59. The summed E-state index contributed by atoms with van der Waals surface area (Å²) >= 11 is 6.14. The summed E-state index contributed by atoms with van der Waals surface area (Å²) < 4.78 is 5.97. The number of nitrogens with zero attached hydrogens (tertiary/aromatic N) is 1.